The molecule has 7 heteroatoms. The fourth-order valence-corrected chi connectivity index (χ4v) is 4.41. The summed E-state index contributed by atoms with van der Waals surface area (Å²) < 4.78 is 33.0. The second-order valence-electron chi connectivity index (χ2n) is 4.56. The van der Waals surface area contributed by atoms with Crippen LogP contribution in [0.2, 0.25) is 0 Å². The number of sulfonamides is 1. The second kappa shape index (κ2) is 5.78. The third kappa shape index (κ3) is 3.47. The zero-order valence-electron chi connectivity index (χ0n) is 10.6. The van der Waals surface area contributed by atoms with Gasteiger partial charge in [-0.25, -0.2) is 13.1 Å². The van der Waals surface area contributed by atoms with E-state index >= 15 is 0 Å². The van der Waals surface area contributed by atoms with Crippen LogP contribution in [0.15, 0.2) is 27.6 Å². The molecule has 1 aliphatic rings. The van der Waals surface area contributed by atoms with Gasteiger partial charge in [0.05, 0.1) is 11.0 Å². The Morgan fingerprint density at radius 2 is 2.16 bits per heavy atom. The summed E-state index contributed by atoms with van der Waals surface area (Å²) in [6.45, 7) is 2.59. The molecule has 1 saturated carbocycles. The molecular weight excluding hydrogens is 332 g/mol. The topological polar surface area (TPSA) is 81.4 Å². The number of nitrogens with one attached hydrogen (secondary N) is 1. The van der Waals surface area contributed by atoms with E-state index in [9.17, 15) is 8.42 Å². The van der Waals surface area contributed by atoms with Crippen molar-refractivity contribution in [2.75, 3.05) is 12.3 Å². The molecule has 0 atom stereocenters. The van der Waals surface area contributed by atoms with Crippen molar-refractivity contribution in [2.24, 2.45) is 0 Å². The van der Waals surface area contributed by atoms with Crippen molar-refractivity contribution >= 4 is 31.6 Å². The maximum absolute atomic E-state index is 12.2. The van der Waals surface area contributed by atoms with Gasteiger partial charge in [-0.1, -0.05) is 0 Å². The number of hydrogen-bond acceptors (Lipinski definition) is 4. The second-order valence-corrected chi connectivity index (χ2v) is 7.09. The van der Waals surface area contributed by atoms with E-state index in [0.29, 0.717) is 16.8 Å². The summed E-state index contributed by atoms with van der Waals surface area (Å²) in [5.74, 6) is 0. The van der Waals surface area contributed by atoms with Gasteiger partial charge in [0, 0.05) is 22.8 Å². The molecule has 0 spiro atoms. The summed E-state index contributed by atoms with van der Waals surface area (Å²) in [6, 6.07) is 4.60. The SMILES string of the molecule is CCOC1CC(NS(=O)(=O)c2ccc(N)cc2Br)C1. The van der Waals surface area contributed by atoms with Crippen molar-refractivity contribution in [3.8, 4) is 0 Å². The van der Waals surface area contributed by atoms with Gasteiger partial charge in [-0.3, -0.25) is 0 Å². The first-order valence-corrected chi connectivity index (χ1v) is 8.39. The van der Waals surface area contributed by atoms with E-state index in [1.807, 2.05) is 6.92 Å². The fourth-order valence-electron chi connectivity index (χ4n) is 2.05. The Balaban J connectivity index is 2.03. The van der Waals surface area contributed by atoms with Crippen LogP contribution in [0.3, 0.4) is 0 Å². The van der Waals surface area contributed by atoms with Crippen molar-refractivity contribution in [3.63, 3.8) is 0 Å². The molecule has 0 radical (unpaired) electrons. The van der Waals surface area contributed by atoms with E-state index in [-0.39, 0.29) is 17.0 Å². The Kier molecular flexibility index (Phi) is 4.50. The summed E-state index contributed by atoms with van der Waals surface area (Å²) in [7, 11) is -3.51. The quantitative estimate of drug-likeness (QED) is 0.796. The fraction of sp³-hybridized carbons (Fsp3) is 0.500. The lowest BCUT2D eigenvalue weighted by molar-refractivity contribution is -0.00476. The Labute approximate surface area is 121 Å². The number of rotatable bonds is 5. The standard InChI is InChI=1S/C12H17BrN2O3S/c1-2-18-10-6-9(7-10)15-19(16,17)12-4-3-8(14)5-11(12)13/h3-5,9-10,15H,2,6-7,14H2,1H3. The predicted octanol–water partition coefficient (Wildman–Crippen LogP) is 1.88. The molecule has 3 N–H and O–H groups in total. The summed E-state index contributed by atoms with van der Waals surface area (Å²) in [6.07, 6.45) is 1.62. The highest BCUT2D eigenvalue weighted by Gasteiger charge is 2.33. The van der Waals surface area contributed by atoms with E-state index in [1.54, 1.807) is 12.1 Å². The van der Waals surface area contributed by atoms with Gasteiger partial charge in [0.15, 0.2) is 0 Å². The molecule has 2 rings (SSSR count). The molecule has 5 nitrogen and oxygen atoms in total. The first kappa shape index (κ1) is 14.8. The molecule has 0 aliphatic heterocycles. The van der Waals surface area contributed by atoms with Crippen LogP contribution in [-0.4, -0.2) is 27.2 Å². The van der Waals surface area contributed by atoms with Gasteiger partial charge in [-0.05, 0) is 53.9 Å². The van der Waals surface area contributed by atoms with Crippen LogP contribution in [0.5, 0.6) is 0 Å². The summed E-state index contributed by atoms with van der Waals surface area (Å²) in [5, 5.41) is 0. The number of benzene rings is 1. The number of nitrogens with two attached hydrogens (primary N) is 1. The minimum atomic E-state index is -3.51. The van der Waals surface area contributed by atoms with Gasteiger partial charge in [0.1, 0.15) is 0 Å². The monoisotopic (exact) mass is 348 g/mol. The minimum absolute atomic E-state index is 0.0500. The van der Waals surface area contributed by atoms with Crippen LogP contribution in [-0.2, 0) is 14.8 Å². The molecule has 0 unspecified atom stereocenters. The Morgan fingerprint density at radius 1 is 1.47 bits per heavy atom. The van der Waals surface area contributed by atoms with Crippen molar-refractivity contribution in [1.29, 1.82) is 0 Å². The molecule has 0 saturated heterocycles. The minimum Gasteiger partial charge on any atom is -0.399 e. The molecule has 1 fully saturated rings. The van der Waals surface area contributed by atoms with Crippen molar-refractivity contribution in [2.45, 2.75) is 36.8 Å². The number of nitrogen functional groups attached to an aromatic ring is 1. The molecular formula is C12H17BrN2O3S. The highest BCUT2D eigenvalue weighted by molar-refractivity contribution is 9.10. The van der Waals surface area contributed by atoms with Crippen molar-refractivity contribution in [3.05, 3.63) is 22.7 Å². The molecule has 0 bridgehead atoms. The first-order chi connectivity index (χ1) is 8.92. The third-order valence-electron chi connectivity index (χ3n) is 3.06. The molecule has 1 aromatic carbocycles. The first-order valence-electron chi connectivity index (χ1n) is 6.11. The van der Waals surface area contributed by atoms with Crippen LogP contribution in [0, 0.1) is 0 Å². The lowest BCUT2D eigenvalue weighted by atomic mass is 9.90. The zero-order chi connectivity index (χ0) is 14.0. The highest BCUT2D eigenvalue weighted by Crippen LogP contribution is 2.28. The van der Waals surface area contributed by atoms with Gasteiger partial charge in [0.2, 0.25) is 10.0 Å². The average molecular weight is 349 g/mol. The van der Waals surface area contributed by atoms with Gasteiger partial charge >= 0.3 is 0 Å². The maximum Gasteiger partial charge on any atom is 0.241 e. The van der Waals surface area contributed by atoms with Crippen LogP contribution < -0.4 is 10.5 Å². The normalized spacial score (nSPS) is 23.1. The molecule has 19 heavy (non-hydrogen) atoms. The largest absolute Gasteiger partial charge is 0.399 e. The van der Waals surface area contributed by atoms with Gasteiger partial charge < -0.3 is 10.5 Å². The highest BCUT2D eigenvalue weighted by atomic mass is 79.9. The predicted molar refractivity (Wildman–Crippen MR) is 77.3 cm³/mol. The van der Waals surface area contributed by atoms with Crippen molar-refractivity contribution < 1.29 is 13.2 Å². The lowest BCUT2D eigenvalue weighted by Gasteiger charge is -2.35. The molecule has 0 amide bonds. The Morgan fingerprint density at radius 3 is 2.74 bits per heavy atom. The lowest BCUT2D eigenvalue weighted by Crippen LogP contribution is -2.47. The molecule has 1 aliphatic carbocycles. The van der Waals surface area contributed by atoms with E-state index < -0.39 is 10.0 Å². The number of anilines is 1. The third-order valence-corrected chi connectivity index (χ3v) is 5.56. The van der Waals surface area contributed by atoms with Crippen LogP contribution in [0.4, 0.5) is 5.69 Å². The van der Waals surface area contributed by atoms with E-state index in [0.717, 1.165) is 12.8 Å². The number of halogens is 1. The summed E-state index contributed by atoms with van der Waals surface area (Å²) in [4.78, 5) is 0.210. The summed E-state index contributed by atoms with van der Waals surface area (Å²) in [5.41, 5.74) is 6.12. The average Bonchev–Trinajstić information content (AvgIpc) is 2.25. The van der Waals surface area contributed by atoms with Gasteiger partial charge in [0.25, 0.3) is 0 Å². The Hall–Kier alpha value is -0.630. The number of ether oxygens (including phenoxy) is 1. The van der Waals surface area contributed by atoms with E-state index in [2.05, 4.69) is 20.7 Å². The van der Waals surface area contributed by atoms with Crippen molar-refractivity contribution in [1.82, 2.24) is 4.72 Å². The van der Waals surface area contributed by atoms with E-state index in [1.165, 1.54) is 6.07 Å². The van der Waals surface area contributed by atoms with Crippen LogP contribution in [0.1, 0.15) is 19.8 Å². The van der Waals surface area contributed by atoms with Gasteiger partial charge in [-0.2, -0.15) is 0 Å². The van der Waals surface area contributed by atoms with Crippen LogP contribution >= 0.6 is 15.9 Å². The zero-order valence-corrected chi connectivity index (χ0v) is 13.0. The molecule has 0 heterocycles. The summed E-state index contributed by atoms with van der Waals surface area (Å²) >= 11 is 3.23. The maximum atomic E-state index is 12.2. The smallest absolute Gasteiger partial charge is 0.241 e. The van der Waals surface area contributed by atoms with Crippen LogP contribution in [0.25, 0.3) is 0 Å². The van der Waals surface area contributed by atoms with E-state index in [4.69, 9.17) is 10.5 Å². The molecule has 0 aromatic heterocycles. The van der Waals surface area contributed by atoms with Gasteiger partial charge in [-0.15, -0.1) is 0 Å². The molecule has 1 aromatic rings. The number of hydrogen-bond donors (Lipinski definition) is 2. The molecule has 106 valence electrons. The Bertz CT molecular complexity index is 556.